The highest BCUT2D eigenvalue weighted by Crippen LogP contribution is 2.18. The van der Waals surface area contributed by atoms with Gasteiger partial charge in [-0.2, -0.15) is 0 Å². The number of carbonyl (C=O) groups excluding carboxylic acids is 1. The van der Waals surface area contributed by atoms with Crippen molar-refractivity contribution in [2.45, 2.75) is 6.04 Å². The summed E-state index contributed by atoms with van der Waals surface area (Å²) in [4.78, 5) is 22.7. The zero-order chi connectivity index (χ0) is 12.1. The molecule has 0 bridgehead atoms. The summed E-state index contributed by atoms with van der Waals surface area (Å²) in [6, 6.07) is 5.27. The molecule has 5 heteroatoms. The minimum Gasteiger partial charge on any atom is -0.496 e. The maximum Gasteiger partial charge on any atom is 0.328 e. The fourth-order valence-electron chi connectivity index (χ4n) is 1.37. The van der Waals surface area contributed by atoms with Gasteiger partial charge >= 0.3 is 5.97 Å². The van der Waals surface area contributed by atoms with Gasteiger partial charge in [-0.25, -0.2) is 0 Å². The van der Waals surface area contributed by atoms with Crippen molar-refractivity contribution in [2.24, 2.45) is 0 Å². The van der Waals surface area contributed by atoms with E-state index in [0.717, 1.165) is 0 Å². The number of carboxylic acid groups (broad SMARTS) is 1. The number of nitrogens with one attached hydrogen (secondary N) is 1. The smallest absolute Gasteiger partial charge is 0.328 e. The van der Waals surface area contributed by atoms with Crippen LogP contribution in [0.25, 0.3) is 0 Å². The summed E-state index contributed by atoms with van der Waals surface area (Å²) < 4.78 is 5.00. The molecule has 0 spiro atoms. The van der Waals surface area contributed by atoms with Crippen molar-refractivity contribution in [3.05, 3.63) is 29.8 Å². The number of carbonyl (C=O) groups is 2. The number of likely N-dealkylation sites (N-methyl/N-ethyl adjacent to an activating group) is 1. The molecule has 0 saturated carbocycles. The highest BCUT2D eigenvalue weighted by molar-refractivity contribution is 6.12. The first-order valence-electron chi connectivity index (χ1n) is 4.69. The number of rotatable bonds is 5. The average molecular weight is 223 g/mol. The van der Waals surface area contributed by atoms with Crippen molar-refractivity contribution >= 4 is 11.8 Å². The van der Waals surface area contributed by atoms with Crippen molar-refractivity contribution in [2.75, 3.05) is 14.2 Å². The van der Waals surface area contributed by atoms with E-state index >= 15 is 0 Å². The minimum atomic E-state index is -1.25. The standard InChI is InChI=1S/C11H13NO4/c1-12-9(11(14)15)10(13)7-5-3-4-6-8(7)16-2/h3-6,9,12H,1-2H3,(H,14,15). The van der Waals surface area contributed by atoms with E-state index in [9.17, 15) is 9.59 Å². The SMILES string of the molecule is CNC(C(=O)O)C(=O)c1ccccc1OC. The maximum atomic E-state index is 11.9. The molecule has 5 nitrogen and oxygen atoms in total. The van der Waals surface area contributed by atoms with Crippen LogP contribution in [-0.2, 0) is 4.79 Å². The maximum absolute atomic E-state index is 11.9. The lowest BCUT2D eigenvalue weighted by Crippen LogP contribution is -2.41. The molecule has 0 radical (unpaired) electrons. The van der Waals surface area contributed by atoms with E-state index in [1.165, 1.54) is 20.2 Å². The molecule has 1 atom stereocenters. The van der Waals surface area contributed by atoms with E-state index < -0.39 is 17.8 Å². The summed E-state index contributed by atoms with van der Waals surface area (Å²) in [6.07, 6.45) is 0. The Hall–Kier alpha value is -1.88. The van der Waals surface area contributed by atoms with Crippen LogP contribution in [0.2, 0.25) is 0 Å². The summed E-state index contributed by atoms with van der Waals surface area (Å²) >= 11 is 0. The molecule has 86 valence electrons. The number of benzene rings is 1. The van der Waals surface area contributed by atoms with Crippen molar-refractivity contribution in [1.82, 2.24) is 5.32 Å². The number of methoxy groups -OCH3 is 1. The van der Waals surface area contributed by atoms with Crippen LogP contribution >= 0.6 is 0 Å². The zero-order valence-corrected chi connectivity index (χ0v) is 9.06. The molecule has 1 aromatic rings. The molecule has 0 heterocycles. The van der Waals surface area contributed by atoms with Gasteiger partial charge in [-0.1, -0.05) is 12.1 Å². The Kier molecular flexibility index (Phi) is 4.02. The van der Waals surface area contributed by atoms with Crippen LogP contribution in [0.1, 0.15) is 10.4 Å². The van der Waals surface area contributed by atoms with Gasteiger partial charge in [0.15, 0.2) is 11.8 Å². The van der Waals surface area contributed by atoms with Crippen LogP contribution < -0.4 is 10.1 Å². The molecule has 0 aliphatic carbocycles. The molecule has 0 aliphatic rings. The molecule has 0 aliphatic heterocycles. The highest BCUT2D eigenvalue weighted by atomic mass is 16.5. The van der Waals surface area contributed by atoms with Gasteiger partial charge in [0.2, 0.25) is 0 Å². The molecule has 0 amide bonds. The summed E-state index contributed by atoms with van der Waals surface area (Å²) in [6.45, 7) is 0. The number of ketones is 1. The second-order valence-electron chi connectivity index (χ2n) is 3.12. The second-order valence-corrected chi connectivity index (χ2v) is 3.12. The van der Waals surface area contributed by atoms with E-state index in [2.05, 4.69) is 5.32 Å². The normalized spacial score (nSPS) is 11.9. The predicted octanol–water partition coefficient (Wildman–Crippen LogP) is 0.550. The molecule has 0 aromatic heterocycles. The van der Waals surface area contributed by atoms with Gasteiger partial charge in [0.25, 0.3) is 0 Å². The number of hydrogen-bond donors (Lipinski definition) is 2. The van der Waals surface area contributed by atoms with Gasteiger partial charge in [0, 0.05) is 0 Å². The number of para-hydroxylation sites is 1. The molecule has 0 saturated heterocycles. The van der Waals surface area contributed by atoms with E-state index in [1.54, 1.807) is 18.2 Å². The van der Waals surface area contributed by atoms with Gasteiger partial charge in [0.05, 0.1) is 12.7 Å². The lowest BCUT2D eigenvalue weighted by molar-refractivity contribution is -0.137. The fraction of sp³-hybridized carbons (Fsp3) is 0.273. The third-order valence-electron chi connectivity index (χ3n) is 2.17. The van der Waals surface area contributed by atoms with Crippen molar-refractivity contribution in [3.8, 4) is 5.75 Å². The van der Waals surface area contributed by atoms with Crippen LogP contribution in [0.15, 0.2) is 24.3 Å². The Morgan fingerprint density at radius 2 is 2.00 bits per heavy atom. The van der Waals surface area contributed by atoms with Crippen molar-refractivity contribution in [1.29, 1.82) is 0 Å². The van der Waals surface area contributed by atoms with Crippen LogP contribution in [-0.4, -0.2) is 37.1 Å². The molecular weight excluding hydrogens is 210 g/mol. The summed E-state index contributed by atoms with van der Waals surface area (Å²) in [5.41, 5.74) is 0.256. The van der Waals surface area contributed by atoms with Gasteiger partial charge in [-0.3, -0.25) is 9.59 Å². The van der Waals surface area contributed by atoms with Crippen molar-refractivity contribution in [3.63, 3.8) is 0 Å². The first kappa shape index (κ1) is 12.2. The van der Waals surface area contributed by atoms with Crippen LogP contribution in [0, 0.1) is 0 Å². The summed E-state index contributed by atoms with van der Waals surface area (Å²) in [5, 5.41) is 11.3. The summed E-state index contributed by atoms with van der Waals surface area (Å²) in [5.74, 6) is -1.36. The first-order valence-corrected chi connectivity index (χ1v) is 4.69. The number of aliphatic carboxylic acids is 1. The van der Waals surface area contributed by atoms with Gasteiger partial charge in [-0.05, 0) is 19.2 Å². The highest BCUT2D eigenvalue weighted by Gasteiger charge is 2.27. The Labute approximate surface area is 93.0 Å². The first-order chi connectivity index (χ1) is 7.61. The average Bonchev–Trinajstić information content (AvgIpc) is 2.29. The van der Waals surface area contributed by atoms with Crippen LogP contribution in [0.4, 0.5) is 0 Å². The lowest BCUT2D eigenvalue weighted by atomic mass is 10.0. The predicted molar refractivity (Wildman–Crippen MR) is 57.8 cm³/mol. The number of carboxylic acids is 1. The zero-order valence-electron chi connectivity index (χ0n) is 9.06. The molecule has 2 N–H and O–H groups in total. The van der Waals surface area contributed by atoms with Crippen molar-refractivity contribution < 1.29 is 19.4 Å². The monoisotopic (exact) mass is 223 g/mol. The molecule has 0 fully saturated rings. The molecule has 1 rings (SSSR count). The van der Waals surface area contributed by atoms with E-state index in [0.29, 0.717) is 5.75 Å². The molecule has 1 unspecified atom stereocenters. The van der Waals surface area contributed by atoms with Crippen LogP contribution in [0.3, 0.4) is 0 Å². The topological polar surface area (TPSA) is 75.6 Å². The largest absolute Gasteiger partial charge is 0.496 e. The quantitative estimate of drug-likeness (QED) is 0.563. The minimum absolute atomic E-state index is 0.256. The second kappa shape index (κ2) is 5.27. The third-order valence-corrected chi connectivity index (χ3v) is 2.17. The van der Waals surface area contributed by atoms with Gasteiger partial charge in [0.1, 0.15) is 5.75 Å². The van der Waals surface area contributed by atoms with Gasteiger partial charge < -0.3 is 15.2 Å². The van der Waals surface area contributed by atoms with E-state index in [1.807, 2.05) is 0 Å². The Morgan fingerprint density at radius 1 is 1.38 bits per heavy atom. The van der Waals surface area contributed by atoms with Gasteiger partial charge in [-0.15, -0.1) is 0 Å². The fourth-order valence-corrected chi connectivity index (χ4v) is 1.37. The Balaban J connectivity index is 3.08. The number of hydrogen-bond acceptors (Lipinski definition) is 4. The third kappa shape index (κ3) is 2.38. The molecule has 1 aromatic carbocycles. The van der Waals surface area contributed by atoms with E-state index in [4.69, 9.17) is 9.84 Å². The Bertz CT molecular complexity index is 403. The lowest BCUT2D eigenvalue weighted by Gasteiger charge is -2.12. The molecular formula is C11H13NO4. The Morgan fingerprint density at radius 3 is 2.50 bits per heavy atom. The van der Waals surface area contributed by atoms with Crippen LogP contribution in [0.5, 0.6) is 5.75 Å². The number of ether oxygens (including phenoxy) is 1. The molecule has 16 heavy (non-hydrogen) atoms. The number of Topliss-reactive ketones (excluding diaryl/α,β-unsaturated/α-hetero) is 1. The van der Waals surface area contributed by atoms with E-state index in [-0.39, 0.29) is 5.56 Å². The summed E-state index contributed by atoms with van der Waals surface area (Å²) in [7, 11) is 2.85.